The van der Waals surface area contributed by atoms with Crippen molar-refractivity contribution in [3.05, 3.63) is 11.3 Å². The summed E-state index contributed by atoms with van der Waals surface area (Å²) < 4.78 is 0. The van der Waals surface area contributed by atoms with E-state index in [0.29, 0.717) is 25.1 Å². The Kier molecular flexibility index (Phi) is 4.00. The summed E-state index contributed by atoms with van der Waals surface area (Å²) >= 11 is 0. The summed E-state index contributed by atoms with van der Waals surface area (Å²) in [6.07, 6.45) is -0.374. The number of carboxylic acid groups (broad SMARTS) is 1. The molecule has 9 nitrogen and oxygen atoms in total. The van der Waals surface area contributed by atoms with Crippen molar-refractivity contribution < 1.29 is 24.6 Å². The molecule has 132 valence electrons. The first-order valence-electron chi connectivity index (χ1n) is 7.93. The lowest BCUT2D eigenvalue weighted by atomic mass is 9.82. The quantitative estimate of drug-likeness (QED) is 0.572. The van der Waals surface area contributed by atoms with E-state index in [9.17, 15) is 24.6 Å². The Morgan fingerprint density at radius 3 is 2.58 bits per heavy atom. The summed E-state index contributed by atoms with van der Waals surface area (Å²) in [7, 11) is 3.29. The number of carbonyl (C=O) groups is 3. The van der Waals surface area contributed by atoms with Gasteiger partial charge < -0.3 is 20.0 Å². The fraction of sp³-hybridized carbons (Fsp3) is 0.667. The molecule has 0 saturated carbocycles. The number of fused-ring (bicyclic) bond motifs is 1. The van der Waals surface area contributed by atoms with Gasteiger partial charge in [-0.3, -0.25) is 9.80 Å². The molecule has 3 aliphatic heterocycles. The van der Waals surface area contributed by atoms with Crippen LogP contribution in [0.25, 0.3) is 0 Å². The number of hydrogen-bond donors (Lipinski definition) is 3. The predicted molar refractivity (Wildman–Crippen MR) is 82.4 cm³/mol. The number of β-lactam (4-membered cyclic amide) rings is 1. The molecule has 0 spiro atoms. The third-order valence-corrected chi connectivity index (χ3v) is 5.00. The van der Waals surface area contributed by atoms with Gasteiger partial charge in [0.25, 0.3) is 0 Å². The molecule has 0 aromatic heterocycles. The second kappa shape index (κ2) is 5.75. The number of urea groups is 1. The van der Waals surface area contributed by atoms with Gasteiger partial charge in [0, 0.05) is 33.1 Å². The lowest BCUT2D eigenvalue weighted by molar-refractivity contribution is -0.161. The minimum Gasteiger partial charge on any atom is -0.477 e. The van der Waals surface area contributed by atoms with Crippen LogP contribution in [0.5, 0.6) is 0 Å². The van der Waals surface area contributed by atoms with E-state index in [1.807, 2.05) is 0 Å². The molecule has 3 rings (SSSR count). The normalized spacial score (nSPS) is 30.3. The van der Waals surface area contributed by atoms with Gasteiger partial charge in [0.2, 0.25) is 5.91 Å². The molecular weight excluding hydrogens is 316 g/mol. The van der Waals surface area contributed by atoms with Crippen molar-refractivity contribution in [3.63, 3.8) is 0 Å². The van der Waals surface area contributed by atoms with Crippen LogP contribution in [0.4, 0.5) is 4.79 Å². The molecule has 0 aliphatic carbocycles. The van der Waals surface area contributed by atoms with Gasteiger partial charge in [-0.2, -0.15) is 0 Å². The van der Waals surface area contributed by atoms with E-state index in [4.69, 9.17) is 0 Å². The van der Waals surface area contributed by atoms with Gasteiger partial charge in [-0.25, -0.2) is 15.0 Å². The van der Waals surface area contributed by atoms with E-state index in [-0.39, 0.29) is 29.6 Å². The second-order valence-corrected chi connectivity index (χ2v) is 6.77. The highest BCUT2D eigenvalue weighted by molar-refractivity contribution is 5.99. The molecule has 0 aromatic carbocycles. The first kappa shape index (κ1) is 16.7. The van der Waals surface area contributed by atoms with Crippen molar-refractivity contribution in [1.29, 1.82) is 0 Å². The highest BCUT2D eigenvalue weighted by Gasteiger charge is 2.57. The standard InChI is InChI=1S/C15H22N4O5/c1-7(20)11-10-4-9(12(14(22)23)19(10)13(11)21)8-5-16-18(6-8)15(24)17(2)3/h7-8,10-11,16,20H,4-6H2,1-3H3,(H,22,23)/t7-,8?,10-,11-/m1/s1. The average molecular weight is 338 g/mol. The van der Waals surface area contributed by atoms with Crippen LogP contribution in [0.3, 0.4) is 0 Å². The second-order valence-electron chi connectivity index (χ2n) is 6.77. The van der Waals surface area contributed by atoms with Crippen LogP contribution in [-0.4, -0.2) is 82.3 Å². The predicted octanol–water partition coefficient (Wildman–Crippen LogP) is -0.945. The molecule has 2 saturated heterocycles. The molecule has 4 atom stereocenters. The number of nitrogens with one attached hydrogen (secondary N) is 1. The highest BCUT2D eigenvalue weighted by Crippen LogP contribution is 2.46. The lowest BCUT2D eigenvalue weighted by Crippen LogP contribution is -2.61. The molecule has 3 heterocycles. The van der Waals surface area contributed by atoms with Gasteiger partial charge in [0.15, 0.2) is 0 Å². The zero-order valence-electron chi connectivity index (χ0n) is 13.9. The Morgan fingerprint density at radius 1 is 1.38 bits per heavy atom. The third-order valence-electron chi connectivity index (χ3n) is 5.00. The van der Waals surface area contributed by atoms with E-state index < -0.39 is 18.0 Å². The smallest absolute Gasteiger partial charge is 0.352 e. The van der Waals surface area contributed by atoms with Gasteiger partial charge in [-0.05, 0) is 18.9 Å². The van der Waals surface area contributed by atoms with Crippen molar-refractivity contribution >= 4 is 17.9 Å². The van der Waals surface area contributed by atoms with E-state index in [1.54, 1.807) is 21.0 Å². The van der Waals surface area contributed by atoms with Crippen LogP contribution in [0.15, 0.2) is 11.3 Å². The van der Waals surface area contributed by atoms with Crippen LogP contribution in [0.2, 0.25) is 0 Å². The fourth-order valence-corrected chi connectivity index (χ4v) is 3.86. The summed E-state index contributed by atoms with van der Waals surface area (Å²) in [6.45, 7) is 2.35. The summed E-state index contributed by atoms with van der Waals surface area (Å²) in [5.41, 5.74) is 3.67. The van der Waals surface area contributed by atoms with E-state index in [2.05, 4.69) is 5.43 Å². The van der Waals surface area contributed by atoms with Crippen molar-refractivity contribution in [2.45, 2.75) is 25.5 Å². The monoisotopic (exact) mass is 338 g/mol. The van der Waals surface area contributed by atoms with Crippen LogP contribution in [0, 0.1) is 11.8 Å². The van der Waals surface area contributed by atoms with E-state index in [1.165, 1.54) is 14.8 Å². The number of aliphatic hydroxyl groups excluding tert-OH is 1. The van der Waals surface area contributed by atoms with Crippen LogP contribution < -0.4 is 5.43 Å². The molecule has 9 heteroatoms. The summed E-state index contributed by atoms with van der Waals surface area (Å²) in [5.74, 6) is -2.18. The Hall–Kier alpha value is -2.13. The molecule has 0 radical (unpaired) electrons. The summed E-state index contributed by atoms with van der Waals surface area (Å²) in [4.78, 5) is 38.6. The summed E-state index contributed by atoms with van der Waals surface area (Å²) in [5, 5.41) is 20.8. The Labute approximate surface area is 139 Å². The Balaban J connectivity index is 1.82. The number of amides is 3. The van der Waals surface area contributed by atoms with E-state index >= 15 is 0 Å². The third kappa shape index (κ3) is 2.35. The van der Waals surface area contributed by atoms with Gasteiger partial charge in [0.1, 0.15) is 5.70 Å². The van der Waals surface area contributed by atoms with Crippen molar-refractivity contribution in [2.75, 3.05) is 27.2 Å². The number of carboxylic acids is 1. The summed E-state index contributed by atoms with van der Waals surface area (Å²) in [6, 6.07) is -0.494. The number of aliphatic carboxylic acids is 1. The molecule has 0 bridgehead atoms. The maximum Gasteiger partial charge on any atom is 0.352 e. The van der Waals surface area contributed by atoms with Crippen LogP contribution >= 0.6 is 0 Å². The molecule has 1 unspecified atom stereocenters. The number of hydrazine groups is 1. The van der Waals surface area contributed by atoms with Gasteiger partial charge >= 0.3 is 12.0 Å². The molecule has 24 heavy (non-hydrogen) atoms. The highest BCUT2D eigenvalue weighted by atomic mass is 16.4. The average Bonchev–Trinajstić information content (AvgIpc) is 3.07. The molecule has 3 aliphatic rings. The minimum absolute atomic E-state index is 0.0212. The van der Waals surface area contributed by atoms with Crippen molar-refractivity contribution in [1.82, 2.24) is 20.2 Å². The molecule has 3 amide bonds. The van der Waals surface area contributed by atoms with Gasteiger partial charge in [0.05, 0.1) is 18.1 Å². The van der Waals surface area contributed by atoms with Gasteiger partial charge in [-0.15, -0.1) is 0 Å². The molecule has 3 N–H and O–H groups in total. The van der Waals surface area contributed by atoms with Gasteiger partial charge in [-0.1, -0.05) is 0 Å². The van der Waals surface area contributed by atoms with Crippen LogP contribution in [-0.2, 0) is 9.59 Å². The molecule has 2 fully saturated rings. The number of hydrogen-bond acceptors (Lipinski definition) is 5. The number of nitrogens with zero attached hydrogens (tertiary/aromatic N) is 3. The number of rotatable bonds is 3. The topological polar surface area (TPSA) is 113 Å². The SMILES string of the molecule is C[C@@H](O)[C@H]1C(=O)N2C(C(=O)O)=C(C3CNN(C(=O)N(C)C)C3)C[C@H]12. The Morgan fingerprint density at radius 2 is 2.04 bits per heavy atom. The fourth-order valence-electron chi connectivity index (χ4n) is 3.86. The zero-order valence-corrected chi connectivity index (χ0v) is 13.9. The first-order chi connectivity index (χ1) is 11.2. The number of carbonyl (C=O) groups excluding carboxylic acids is 2. The van der Waals surface area contributed by atoms with Crippen LogP contribution in [0.1, 0.15) is 13.3 Å². The molecule has 0 aromatic rings. The lowest BCUT2D eigenvalue weighted by Gasteiger charge is -2.44. The molecular formula is C15H22N4O5. The zero-order chi connectivity index (χ0) is 17.8. The minimum atomic E-state index is -1.14. The maximum absolute atomic E-state index is 12.2. The maximum atomic E-state index is 12.2. The van der Waals surface area contributed by atoms with E-state index in [0.717, 1.165) is 0 Å². The van der Waals surface area contributed by atoms with Crippen molar-refractivity contribution in [3.8, 4) is 0 Å². The number of aliphatic hydroxyl groups is 1. The first-order valence-corrected chi connectivity index (χ1v) is 7.93. The Bertz CT molecular complexity index is 629. The van der Waals surface area contributed by atoms with Crippen molar-refractivity contribution in [2.24, 2.45) is 11.8 Å². The largest absolute Gasteiger partial charge is 0.477 e.